The molecule has 0 bridgehead atoms. The lowest BCUT2D eigenvalue weighted by atomic mass is 10.3. The summed E-state index contributed by atoms with van der Waals surface area (Å²) in [7, 11) is -3.39. The number of piperazine rings is 1. The number of carbonyl (C=O) groups is 2. The van der Waals surface area contributed by atoms with Crippen LogP contribution in [0.15, 0.2) is 0 Å². The number of nitrogens with one attached hydrogen (secondary N) is 1. The Morgan fingerprint density at radius 3 is 2.60 bits per heavy atom. The molecule has 0 aliphatic carbocycles. The van der Waals surface area contributed by atoms with Gasteiger partial charge in [0, 0.05) is 19.3 Å². The largest absolute Gasteiger partial charge is 0.353 e. The van der Waals surface area contributed by atoms with Gasteiger partial charge in [0.25, 0.3) is 0 Å². The number of rotatable bonds is 2. The van der Waals surface area contributed by atoms with Gasteiger partial charge in [-0.25, -0.2) is 8.42 Å². The first-order valence-electron chi connectivity index (χ1n) is 4.56. The molecule has 15 heavy (non-hydrogen) atoms. The second kappa shape index (κ2) is 4.18. The third-order valence-corrected chi connectivity index (χ3v) is 3.83. The van der Waals surface area contributed by atoms with Crippen LogP contribution in [0.1, 0.15) is 6.92 Å². The summed E-state index contributed by atoms with van der Waals surface area (Å²) in [6.45, 7) is 2.02. The molecule has 2 amide bonds. The van der Waals surface area contributed by atoms with E-state index in [4.69, 9.17) is 0 Å². The van der Waals surface area contributed by atoms with E-state index in [1.165, 1.54) is 11.8 Å². The molecule has 0 unspecified atom stereocenters. The molecule has 1 saturated heterocycles. The molecule has 1 atom stereocenters. The summed E-state index contributed by atoms with van der Waals surface area (Å²) in [6, 6.07) is 0. The summed E-state index contributed by atoms with van der Waals surface area (Å²) in [5.74, 6) is -0.761. The van der Waals surface area contributed by atoms with E-state index in [9.17, 15) is 18.0 Å². The van der Waals surface area contributed by atoms with Crippen molar-refractivity contribution in [2.45, 2.75) is 12.2 Å². The Hall–Kier alpha value is -1.11. The van der Waals surface area contributed by atoms with Crippen LogP contribution in [0.5, 0.6) is 0 Å². The first kappa shape index (κ1) is 12.0. The molecule has 0 saturated carbocycles. The highest BCUT2D eigenvalue weighted by atomic mass is 32.2. The molecule has 7 heteroatoms. The highest BCUT2D eigenvalue weighted by molar-refractivity contribution is 7.92. The first-order chi connectivity index (χ1) is 6.82. The van der Waals surface area contributed by atoms with E-state index >= 15 is 0 Å². The quantitative estimate of drug-likeness (QED) is 0.622. The lowest BCUT2D eigenvalue weighted by Crippen LogP contribution is -2.53. The number of hydrogen-bond acceptors (Lipinski definition) is 4. The summed E-state index contributed by atoms with van der Waals surface area (Å²) in [5.41, 5.74) is 0. The van der Waals surface area contributed by atoms with E-state index in [0.717, 1.165) is 6.26 Å². The van der Waals surface area contributed by atoms with E-state index in [1.807, 2.05) is 0 Å². The van der Waals surface area contributed by atoms with Crippen molar-refractivity contribution in [1.29, 1.82) is 0 Å². The Morgan fingerprint density at radius 1 is 1.53 bits per heavy atom. The molecule has 86 valence electrons. The third kappa shape index (κ3) is 2.92. The lowest BCUT2D eigenvalue weighted by Gasteiger charge is -2.28. The van der Waals surface area contributed by atoms with Crippen LogP contribution in [0.2, 0.25) is 0 Å². The fraction of sp³-hybridized carbons (Fsp3) is 0.750. The van der Waals surface area contributed by atoms with Crippen molar-refractivity contribution >= 4 is 21.7 Å². The Bertz CT molecular complexity index is 376. The Morgan fingerprint density at radius 2 is 2.13 bits per heavy atom. The molecule has 0 spiro atoms. The van der Waals surface area contributed by atoms with Gasteiger partial charge in [0.2, 0.25) is 11.8 Å². The predicted molar refractivity (Wildman–Crippen MR) is 53.9 cm³/mol. The first-order valence-corrected chi connectivity index (χ1v) is 6.52. The molecule has 1 fully saturated rings. The van der Waals surface area contributed by atoms with Crippen molar-refractivity contribution in [3.63, 3.8) is 0 Å². The van der Waals surface area contributed by atoms with Gasteiger partial charge >= 0.3 is 0 Å². The molecular weight excluding hydrogens is 220 g/mol. The lowest BCUT2D eigenvalue weighted by molar-refractivity contribution is -0.137. The van der Waals surface area contributed by atoms with Crippen molar-refractivity contribution in [1.82, 2.24) is 10.2 Å². The fourth-order valence-corrected chi connectivity index (χ4v) is 1.78. The Kier molecular flexibility index (Phi) is 3.33. The number of amides is 2. The van der Waals surface area contributed by atoms with Crippen LogP contribution in [0.3, 0.4) is 0 Å². The van der Waals surface area contributed by atoms with Crippen molar-refractivity contribution < 1.29 is 18.0 Å². The van der Waals surface area contributed by atoms with Gasteiger partial charge in [0.1, 0.15) is 5.25 Å². The molecule has 0 radical (unpaired) electrons. The van der Waals surface area contributed by atoms with Crippen LogP contribution in [0, 0.1) is 0 Å². The monoisotopic (exact) mass is 234 g/mol. The van der Waals surface area contributed by atoms with Gasteiger partial charge in [-0.2, -0.15) is 0 Å². The van der Waals surface area contributed by atoms with E-state index < -0.39 is 21.0 Å². The molecule has 0 aromatic rings. The van der Waals surface area contributed by atoms with E-state index in [1.54, 1.807) is 0 Å². The topological polar surface area (TPSA) is 83.6 Å². The summed E-state index contributed by atoms with van der Waals surface area (Å²) < 4.78 is 22.3. The Labute approximate surface area is 88.5 Å². The van der Waals surface area contributed by atoms with Crippen LogP contribution in [0.4, 0.5) is 0 Å². The zero-order chi connectivity index (χ0) is 11.6. The van der Waals surface area contributed by atoms with Gasteiger partial charge < -0.3 is 10.2 Å². The normalized spacial score (nSPS) is 19.6. The molecule has 1 aliphatic rings. The molecule has 0 aromatic carbocycles. The van der Waals surface area contributed by atoms with E-state index in [-0.39, 0.29) is 12.5 Å². The van der Waals surface area contributed by atoms with Crippen molar-refractivity contribution in [2.75, 3.05) is 25.9 Å². The van der Waals surface area contributed by atoms with E-state index in [2.05, 4.69) is 5.32 Å². The Balaban J connectivity index is 2.72. The summed E-state index contributed by atoms with van der Waals surface area (Å²) >= 11 is 0. The molecule has 1 heterocycles. The van der Waals surface area contributed by atoms with Crippen LogP contribution >= 0.6 is 0 Å². The minimum Gasteiger partial charge on any atom is -0.353 e. The molecule has 1 rings (SSSR count). The van der Waals surface area contributed by atoms with Crippen molar-refractivity contribution in [2.24, 2.45) is 0 Å². The molecule has 1 N–H and O–H groups in total. The predicted octanol–water partition coefficient (Wildman–Crippen LogP) is -1.62. The summed E-state index contributed by atoms with van der Waals surface area (Å²) in [6.07, 6.45) is 1.01. The standard InChI is InChI=1S/C8H14N2O4S/c1-6(15(2,13)14)8(12)10-4-3-9-7(11)5-10/h6H,3-5H2,1-2H3,(H,9,11)/t6-/m0/s1. The molecule has 6 nitrogen and oxygen atoms in total. The number of carbonyl (C=O) groups excluding carboxylic acids is 2. The van der Waals surface area contributed by atoms with Gasteiger partial charge in [-0.1, -0.05) is 0 Å². The summed E-state index contributed by atoms with van der Waals surface area (Å²) in [5, 5.41) is 1.48. The zero-order valence-electron chi connectivity index (χ0n) is 8.69. The third-order valence-electron chi connectivity index (χ3n) is 2.34. The minimum atomic E-state index is -3.39. The van der Waals surface area contributed by atoms with Gasteiger partial charge in [-0.05, 0) is 6.92 Å². The number of sulfone groups is 1. The average Bonchev–Trinajstić information content (AvgIpc) is 2.14. The van der Waals surface area contributed by atoms with Crippen LogP contribution in [-0.4, -0.2) is 56.3 Å². The van der Waals surface area contributed by atoms with Crippen molar-refractivity contribution in [3.8, 4) is 0 Å². The maximum atomic E-state index is 11.7. The van der Waals surface area contributed by atoms with Gasteiger partial charge in [0.05, 0.1) is 6.54 Å². The van der Waals surface area contributed by atoms with E-state index in [0.29, 0.717) is 13.1 Å². The minimum absolute atomic E-state index is 0.0569. The molecule has 1 aliphatic heterocycles. The smallest absolute Gasteiger partial charge is 0.241 e. The second-order valence-corrected chi connectivity index (χ2v) is 5.95. The number of hydrogen-bond donors (Lipinski definition) is 1. The number of nitrogens with zero attached hydrogens (tertiary/aromatic N) is 1. The summed E-state index contributed by atoms with van der Waals surface area (Å²) in [4.78, 5) is 23.9. The highest BCUT2D eigenvalue weighted by Gasteiger charge is 2.30. The van der Waals surface area contributed by atoms with Crippen LogP contribution in [-0.2, 0) is 19.4 Å². The van der Waals surface area contributed by atoms with Gasteiger partial charge in [-0.3, -0.25) is 9.59 Å². The SMILES string of the molecule is C[C@@H](C(=O)N1CCNC(=O)C1)S(C)(=O)=O. The van der Waals surface area contributed by atoms with Gasteiger partial charge in [0.15, 0.2) is 9.84 Å². The van der Waals surface area contributed by atoms with Crippen LogP contribution in [0.25, 0.3) is 0 Å². The van der Waals surface area contributed by atoms with Crippen molar-refractivity contribution in [3.05, 3.63) is 0 Å². The average molecular weight is 234 g/mol. The maximum absolute atomic E-state index is 11.7. The highest BCUT2D eigenvalue weighted by Crippen LogP contribution is 2.05. The second-order valence-electron chi connectivity index (χ2n) is 3.58. The molecule has 0 aromatic heterocycles. The fourth-order valence-electron chi connectivity index (χ4n) is 1.27. The van der Waals surface area contributed by atoms with Crippen LogP contribution < -0.4 is 5.32 Å². The van der Waals surface area contributed by atoms with Gasteiger partial charge in [-0.15, -0.1) is 0 Å². The maximum Gasteiger partial charge on any atom is 0.241 e. The zero-order valence-corrected chi connectivity index (χ0v) is 9.50. The molecular formula is C8H14N2O4S.